The second-order valence-electron chi connectivity index (χ2n) is 10.3. The molecule has 1 fully saturated rings. The number of amides is 3. The van der Waals surface area contributed by atoms with E-state index in [-0.39, 0.29) is 23.9 Å². The van der Waals surface area contributed by atoms with Crippen LogP contribution in [0.4, 0.5) is 14.0 Å². The van der Waals surface area contributed by atoms with Crippen molar-refractivity contribution in [2.75, 3.05) is 6.54 Å². The minimum Gasteiger partial charge on any atom is -0.444 e. The van der Waals surface area contributed by atoms with Gasteiger partial charge in [0.1, 0.15) is 11.4 Å². The molecule has 0 aromatic heterocycles. The van der Waals surface area contributed by atoms with Crippen molar-refractivity contribution >= 4 is 12.1 Å². The molecule has 33 heavy (non-hydrogen) atoms. The largest absolute Gasteiger partial charge is 0.444 e. The number of nitrogens with one attached hydrogen (secondary N) is 2. The number of nitrogens with zero attached hydrogens (tertiary/aromatic N) is 1. The predicted octanol–water partition coefficient (Wildman–Crippen LogP) is 4.93. The summed E-state index contributed by atoms with van der Waals surface area (Å²) >= 11 is 0. The number of carbonyl (C=O) groups is 2. The topological polar surface area (TPSA) is 70.7 Å². The van der Waals surface area contributed by atoms with Crippen LogP contribution in [0.2, 0.25) is 0 Å². The molecule has 3 amide bonds. The Bertz CT molecular complexity index is 1030. The zero-order valence-electron chi connectivity index (χ0n) is 19.7. The number of hydrogen-bond donors (Lipinski definition) is 2. The number of urea groups is 1. The van der Waals surface area contributed by atoms with Gasteiger partial charge in [0.25, 0.3) is 0 Å². The number of halogens is 1. The fourth-order valence-corrected chi connectivity index (χ4v) is 4.83. The molecule has 6 nitrogen and oxygen atoms in total. The van der Waals surface area contributed by atoms with Gasteiger partial charge in [0.05, 0.1) is 6.04 Å². The summed E-state index contributed by atoms with van der Waals surface area (Å²) in [5.74, 6) is -0.302. The summed E-state index contributed by atoms with van der Waals surface area (Å²) in [6.45, 7) is 8.04. The molecule has 1 aliphatic heterocycles. The van der Waals surface area contributed by atoms with E-state index in [9.17, 15) is 14.0 Å². The number of hydrogen-bond acceptors (Lipinski definition) is 3. The second kappa shape index (κ2) is 8.69. The van der Waals surface area contributed by atoms with E-state index in [1.807, 2.05) is 50.8 Å². The Hall–Kier alpha value is -3.09. The first-order valence-electron chi connectivity index (χ1n) is 11.4. The molecular formula is C26H32FN3O3. The molecule has 7 heteroatoms. The Kier molecular flexibility index (Phi) is 6.08. The molecule has 1 atom stereocenters. The van der Waals surface area contributed by atoms with Gasteiger partial charge in [-0.1, -0.05) is 36.4 Å². The molecular weight excluding hydrogens is 421 g/mol. The Morgan fingerprint density at radius 2 is 1.76 bits per heavy atom. The normalized spacial score (nSPS) is 24.3. The van der Waals surface area contributed by atoms with Gasteiger partial charge in [-0.3, -0.25) is 0 Å². The molecule has 1 aliphatic carbocycles. The smallest absolute Gasteiger partial charge is 0.407 e. The van der Waals surface area contributed by atoms with Gasteiger partial charge in [-0.05, 0) is 75.8 Å². The average molecular weight is 454 g/mol. The summed E-state index contributed by atoms with van der Waals surface area (Å²) < 4.78 is 18.9. The Labute approximate surface area is 194 Å². The minimum absolute atomic E-state index is 0.0415. The van der Waals surface area contributed by atoms with Gasteiger partial charge >= 0.3 is 12.1 Å². The van der Waals surface area contributed by atoms with Crippen LogP contribution in [0.15, 0.2) is 48.5 Å². The van der Waals surface area contributed by atoms with Gasteiger partial charge in [-0.15, -0.1) is 0 Å². The van der Waals surface area contributed by atoms with Crippen LogP contribution in [-0.4, -0.2) is 40.8 Å². The fourth-order valence-electron chi connectivity index (χ4n) is 4.83. The molecule has 2 aromatic carbocycles. The third-order valence-corrected chi connectivity index (χ3v) is 6.25. The number of carbonyl (C=O) groups excluding carboxylic acids is 2. The average Bonchev–Trinajstić information content (AvgIpc) is 2.71. The quantitative estimate of drug-likeness (QED) is 0.692. The lowest BCUT2D eigenvalue weighted by atomic mass is 9.74. The number of benzene rings is 2. The Morgan fingerprint density at radius 3 is 2.42 bits per heavy atom. The van der Waals surface area contributed by atoms with Gasteiger partial charge in [0, 0.05) is 18.1 Å². The molecule has 2 aromatic rings. The summed E-state index contributed by atoms with van der Waals surface area (Å²) in [4.78, 5) is 27.3. The van der Waals surface area contributed by atoms with Gasteiger partial charge < -0.3 is 20.3 Å². The highest BCUT2D eigenvalue weighted by Gasteiger charge is 2.44. The lowest BCUT2D eigenvalue weighted by molar-refractivity contribution is 0.0424. The van der Waals surface area contributed by atoms with Gasteiger partial charge in [0.2, 0.25) is 0 Å². The van der Waals surface area contributed by atoms with Crippen molar-refractivity contribution in [3.63, 3.8) is 0 Å². The van der Waals surface area contributed by atoms with Crippen molar-refractivity contribution < 1.29 is 18.7 Å². The Morgan fingerprint density at radius 1 is 1.09 bits per heavy atom. The van der Waals surface area contributed by atoms with E-state index in [1.165, 1.54) is 17.7 Å². The van der Waals surface area contributed by atoms with E-state index >= 15 is 0 Å². The van der Waals surface area contributed by atoms with Crippen molar-refractivity contribution in [2.24, 2.45) is 0 Å². The third kappa shape index (κ3) is 5.29. The van der Waals surface area contributed by atoms with Crippen molar-refractivity contribution in [1.82, 2.24) is 15.5 Å². The first kappa shape index (κ1) is 23.1. The highest BCUT2D eigenvalue weighted by Crippen LogP contribution is 2.37. The lowest BCUT2D eigenvalue weighted by Crippen LogP contribution is -2.64. The summed E-state index contributed by atoms with van der Waals surface area (Å²) in [5.41, 5.74) is 2.18. The van der Waals surface area contributed by atoms with Crippen LogP contribution in [-0.2, 0) is 11.2 Å². The highest BCUT2D eigenvalue weighted by atomic mass is 19.1. The maximum Gasteiger partial charge on any atom is 0.407 e. The third-order valence-electron chi connectivity index (χ3n) is 6.25. The zero-order valence-corrected chi connectivity index (χ0v) is 19.7. The summed E-state index contributed by atoms with van der Waals surface area (Å²) in [7, 11) is 0. The van der Waals surface area contributed by atoms with Crippen molar-refractivity contribution in [3.8, 4) is 0 Å². The number of rotatable bonds is 3. The lowest BCUT2D eigenvalue weighted by Gasteiger charge is -2.47. The van der Waals surface area contributed by atoms with Crippen LogP contribution < -0.4 is 10.6 Å². The van der Waals surface area contributed by atoms with E-state index < -0.39 is 17.2 Å². The monoisotopic (exact) mass is 453 g/mol. The SMILES string of the molecule is CC1(NC(=O)N2CCc3ccccc3[C@@H]2c2ccc(F)cc2)CC(NC(=O)OC(C)(C)C)C1. The molecule has 2 aliphatic rings. The molecule has 0 unspecified atom stereocenters. The van der Waals surface area contributed by atoms with Crippen LogP contribution in [0.3, 0.4) is 0 Å². The Balaban J connectivity index is 1.45. The fraction of sp³-hybridized carbons (Fsp3) is 0.462. The molecule has 1 heterocycles. The van der Waals surface area contributed by atoms with E-state index in [4.69, 9.17) is 4.74 Å². The van der Waals surface area contributed by atoms with Crippen LogP contribution in [0.5, 0.6) is 0 Å². The van der Waals surface area contributed by atoms with Crippen molar-refractivity contribution in [2.45, 2.75) is 70.2 Å². The first-order valence-corrected chi connectivity index (χ1v) is 11.4. The first-order chi connectivity index (χ1) is 15.5. The summed E-state index contributed by atoms with van der Waals surface area (Å²) in [6, 6.07) is 14.0. The van der Waals surface area contributed by atoms with Crippen LogP contribution >= 0.6 is 0 Å². The molecule has 0 saturated heterocycles. The molecule has 1 saturated carbocycles. The van der Waals surface area contributed by atoms with Crippen LogP contribution in [0.25, 0.3) is 0 Å². The molecule has 0 bridgehead atoms. The van der Waals surface area contributed by atoms with E-state index in [2.05, 4.69) is 16.7 Å². The van der Waals surface area contributed by atoms with Gasteiger partial charge in [0.15, 0.2) is 0 Å². The highest BCUT2D eigenvalue weighted by molar-refractivity contribution is 5.77. The maximum atomic E-state index is 13.6. The zero-order chi connectivity index (χ0) is 23.8. The molecule has 4 rings (SSSR count). The van der Waals surface area contributed by atoms with Crippen LogP contribution in [0, 0.1) is 5.82 Å². The number of ether oxygens (including phenoxy) is 1. The van der Waals surface area contributed by atoms with Crippen molar-refractivity contribution in [1.29, 1.82) is 0 Å². The van der Waals surface area contributed by atoms with E-state index in [0.29, 0.717) is 19.4 Å². The molecule has 2 N–H and O–H groups in total. The molecule has 0 radical (unpaired) electrons. The van der Waals surface area contributed by atoms with E-state index in [0.717, 1.165) is 17.5 Å². The predicted molar refractivity (Wildman–Crippen MR) is 124 cm³/mol. The van der Waals surface area contributed by atoms with Crippen LogP contribution in [0.1, 0.15) is 63.3 Å². The van der Waals surface area contributed by atoms with Gasteiger partial charge in [-0.25, -0.2) is 14.0 Å². The second-order valence-corrected chi connectivity index (χ2v) is 10.3. The molecule has 0 spiro atoms. The summed E-state index contributed by atoms with van der Waals surface area (Å²) in [6.07, 6.45) is 1.58. The minimum atomic E-state index is -0.550. The molecule has 176 valence electrons. The standard InChI is InChI=1S/C26H32FN3O3/c1-25(2,3)33-24(32)28-20-15-26(4,16-20)29-23(31)30-14-13-17-7-5-6-8-21(17)22(30)18-9-11-19(27)12-10-18/h5-12,20,22H,13-16H2,1-4H3,(H,28,32)(H,29,31)/t20?,22-,26?/m0/s1. The maximum absolute atomic E-state index is 13.6. The number of fused-ring (bicyclic) bond motifs is 1. The van der Waals surface area contributed by atoms with Gasteiger partial charge in [-0.2, -0.15) is 0 Å². The van der Waals surface area contributed by atoms with Crippen molar-refractivity contribution in [3.05, 3.63) is 71.0 Å². The van der Waals surface area contributed by atoms with E-state index in [1.54, 1.807) is 12.1 Å². The summed E-state index contributed by atoms with van der Waals surface area (Å²) in [5, 5.41) is 6.05. The number of alkyl carbamates (subject to hydrolysis) is 1.